The fourth-order valence-electron chi connectivity index (χ4n) is 2.14. The van der Waals surface area contributed by atoms with E-state index in [0.29, 0.717) is 17.8 Å². The molecule has 0 saturated carbocycles. The highest BCUT2D eigenvalue weighted by molar-refractivity contribution is 5.67. The van der Waals surface area contributed by atoms with Crippen LogP contribution in [0, 0.1) is 17.0 Å². The minimum Gasteiger partial charge on any atom is -0.364 e. The second-order valence-electron chi connectivity index (χ2n) is 4.19. The number of nitrogens with zero attached hydrogens (tertiary/aromatic N) is 2. The molecule has 0 aliphatic carbocycles. The number of hydrogen-bond acceptors (Lipinski definition) is 4. The van der Waals surface area contributed by atoms with Crippen molar-refractivity contribution in [1.29, 1.82) is 0 Å². The molecule has 0 amide bonds. The molecule has 1 unspecified atom stereocenters. The Hall–Kier alpha value is -1.62. The lowest BCUT2D eigenvalue weighted by Gasteiger charge is -2.18. The lowest BCUT2D eigenvalue weighted by atomic mass is 10.1. The largest absolute Gasteiger partial charge is 0.364 e. The lowest BCUT2D eigenvalue weighted by molar-refractivity contribution is -0.384. The summed E-state index contributed by atoms with van der Waals surface area (Å²) in [5.41, 5.74) is 7.41. The maximum atomic E-state index is 11.0. The van der Waals surface area contributed by atoms with E-state index in [9.17, 15) is 10.1 Å². The van der Waals surface area contributed by atoms with Gasteiger partial charge in [-0.05, 0) is 19.4 Å². The molecule has 5 nitrogen and oxygen atoms in total. The Labute approximate surface area is 94.0 Å². The van der Waals surface area contributed by atoms with Crippen LogP contribution in [0.4, 0.5) is 11.4 Å². The number of aryl methyl sites for hydroxylation is 1. The second kappa shape index (κ2) is 4.09. The maximum Gasteiger partial charge on any atom is 0.295 e. The van der Waals surface area contributed by atoms with Gasteiger partial charge in [0.25, 0.3) is 5.69 Å². The van der Waals surface area contributed by atoms with E-state index in [1.807, 2.05) is 11.0 Å². The number of benzene rings is 1. The Morgan fingerprint density at radius 1 is 1.56 bits per heavy atom. The zero-order valence-corrected chi connectivity index (χ0v) is 9.22. The average molecular weight is 221 g/mol. The van der Waals surface area contributed by atoms with Crippen LogP contribution < -0.4 is 10.6 Å². The number of anilines is 1. The third-order valence-electron chi connectivity index (χ3n) is 2.96. The second-order valence-corrected chi connectivity index (χ2v) is 4.19. The van der Waals surface area contributed by atoms with E-state index < -0.39 is 0 Å². The number of para-hydroxylation sites is 1. The van der Waals surface area contributed by atoms with Gasteiger partial charge < -0.3 is 10.6 Å². The van der Waals surface area contributed by atoms with Crippen molar-refractivity contribution in [1.82, 2.24) is 0 Å². The molecule has 0 spiro atoms. The van der Waals surface area contributed by atoms with Crippen LogP contribution in [0.25, 0.3) is 0 Å². The van der Waals surface area contributed by atoms with Crippen LogP contribution in [0.1, 0.15) is 12.0 Å². The van der Waals surface area contributed by atoms with Crippen molar-refractivity contribution in [3.05, 3.63) is 33.9 Å². The van der Waals surface area contributed by atoms with Crippen molar-refractivity contribution in [2.75, 3.05) is 18.0 Å². The fourth-order valence-corrected chi connectivity index (χ4v) is 2.14. The Kier molecular flexibility index (Phi) is 2.78. The zero-order valence-electron chi connectivity index (χ0n) is 9.22. The first kappa shape index (κ1) is 10.9. The Balaban J connectivity index is 2.40. The predicted molar refractivity (Wildman–Crippen MR) is 62.6 cm³/mol. The molecular weight excluding hydrogens is 206 g/mol. The molecule has 1 atom stereocenters. The first-order chi connectivity index (χ1) is 7.59. The van der Waals surface area contributed by atoms with Gasteiger partial charge in [0.15, 0.2) is 0 Å². The summed E-state index contributed by atoms with van der Waals surface area (Å²) in [5.74, 6) is 0. The number of hydrogen-bond donors (Lipinski definition) is 1. The van der Waals surface area contributed by atoms with E-state index in [4.69, 9.17) is 5.73 Å². The predicted octanol–water partition coefficient (Wildman–Crippen LogP) is 1.44. The van der Waals surface area contributed by atoms with Crippen molar-refractivity contribution in [2.45, 2.75) is 19.4 Å². The van der Waals surface area contributed by atoms with Gasteiger partial charge in [-0.1, -0.05) is 12.1 Å². The third-order valence-corrected chi connectivity index (χ3v) is 2.96. The van der Waals surface area contributed by atoms with E-state index in [1.54, 1.807) is 19.1 Å². The highest BCUT2D eigenvalue weighted by atomic mass is 16.6. The van der Waals surface area contributed by atoms with Crippen molar-refractivity contribution < 1.29 is 4.92 Å². The Bertz CT molecular complexity index is 420. The van der Waals surface area contributed by atoms with Crippen LogP contribution >= 0.6 is 0 Å². The third kappa shape index (κ3) is 1.86. The Morgan fingerprint density at radius 2 is 2.31 bits per heavy atom. The number of nitro benzene ring substituents is 1. The molecule has 1 aromatic carbocycles. The molecular formula is C11H15N3O2. The van der Waals surface area contributed by atoms with Crippen LogP contribution in [0.3, 0.4) is 0 Å². The van der Waals surface area contributed by atoms with Gasteiger partial charge in [0.05, 0.1) is 4.92 Å². The van der Waals surface area contributed by atoms with E-state index in [1.165, 1.54) is 0 Å². The van der Waals surface area contributed by atoms with Gasteiger partial charge in [-0.2, -0.15) is 0 Å². The molecule has 1 fully saturated rings. The summed E-state index contributed by atoms with van der Waals surface area (Å²) in [6, 6.07) is 5.53. The minimum atomic E-state index is -0.311. The summed E-state index contributed by atoms with van der Waals surface area (Å²) in [4.78, 5) is 12.7. The van der Waals surface area contributed by atoms with Gasteiger partial charge in [0.1, 0.15) is 5.69 Å². The van der Waals surface area contributed by atoms with Crippen LogP contribution in [0.5, 0.6) is 0 Å². The molecule has 2 rings (SSSR count). The van der Waals surface area contributed by atoms with Crippen LogP contribution in [-0.4, -0.2) is 24.1 Å². The van der Waals surface area contributed by atoms with Crippen LogP contribution in [-0.2, 0) is 0 Å². The quantitative estimate of drug-likeness (QED) is 0.606. The van der Waals surface area contributed by atoms with Gasteiger partial charge in [-0.25, -0.2) is 0 Å². The molecule has 5 heteroatoms. The van der Waals surface area contributed by atoms with Crippen LogP contribution in [0.2, 0.25) is 0 Å². The van der Waals surface area contributed by atoms with E-state index in [-0.39, 0.29) is 16.7 Å². The first-order valence-electron chi connectivity index (χ1n) is 5.34. The monoisotopic (exact) mass is 221 g/mol. The van der Waals surface area contributed by atoms with Crippen molar-refractivity contribution in [3.8, 4) is 0 Å². The highest BCUT2D eigenvalue weighted by Gasteiger charge is 2.26. The van der Waals surface area contributed by atoms with Gasteiger partial charge in [0.2, 0.25) is 0 Å². The summed E-state index contributed by atoms with van der Waals surface area (Å²) < 4.78 is 0. The van der Waals surface area contributed by atoms with Gasteiger partial charge >= 0.3 is 0 Å². The molecule has 1 saturated heterocycles. The molecule has 1 aromatic rings. The summed E-state index contributed by atoms with van der Waals surface area (Å²) >= 11 is 0. The Morgan fingerprint density at radius 3 is 2.88 bits per heavy atom. The molecule has 1 aliphatic heterocycles. The molecule has 2 N–H and O–H groups in total. The highest BCUT2D eigenvalue weighted by Crippen LogP contribution is 2.32. The van der Waals surface area contributed by atoms with E-state index in [2.05, 4.69) is 0 Å². The summed E-state index contributed by atoms with van der Waals surface area (Å²) in [6.45, 7) is 3.26. The molecule has 0 bridgehead atoms. The standard InChI is InChI=1S/C11H15N3O2/c1-8-3-2-4-10(11(8)14(15)16)13-6-5-9(12)7-13/h2-4,9H,5-7,12H2,1H3. The molecule has 1 aliphatic rings. The maximum absolute atomic E-state index is 11.0. The summed E-state index contributed by atoms with van der Waals surface area (Å²) in [5, 5.41) is 11.0. The minimum absolute atomic E-state index is 0.125. The van der Waals surface area contributed by atoms with Crippen molar-refractivity contribution in [2.24, 2.45) is 5.73 Å². The average Bonchev–Trinajstić information content (AvgIpc) is 2.63. The molecule has 16 heavy (non-hydrogen) atoms. The fraction of sp³-hybridized carbons (Fsp3) is 0.455. The zero-order chi connectivity index (χ0) is 11.7. The molecule has 0 radical (unpaired) electrons. The number of nitrogens with two attached hydrogens (primary N) is 1. The number of rotatable bonds is 2. The van der Waals surface area contributed by atoms with Crippen LogP contribution in [0.15, 0.2) is 18.2 Å². The lowest BCUT2D eigenvalue weighted by Crippen LogP contribution is -2.26. The first-order valence-corrected chi connectivity index (χ1v) is 5.34. The van der Waals surface area contributed by atoms with Crippen molar-refractivity contribution in [3.63, 3.8) is 0 Å². The summed E-state index contributed by atoms with van der Waals surface area (Å²) in [7, 11) is 0. The van der Waals surface area contributed by atoms with Gasteiger partial charge in [0, 0.05) is 24.7 Å². The molecule has 1 heterocycles. The molecule has 86 valence electrons. The van der Waals surface area contributed by atoms with E-state index in [0.717, 1.165) is 13.0 Å². The topological polar surface area (TPSA) is 72.4 Å². The van der Waals surface area contributed by atoms with E-state index >= 15 is 0 Å². The SMILES string of the molecule is Cc1cccc(N2CCC(N)C2)c1[N+](=O)[O-]. The van der Waals surface area contributed by atoms with Gasteiger partial charge in [-0.3, -0.25) is 10.1 Å². The molecule has 0 aromatic heterocycles. The normalized spacial score (nSPS) is 20.1. The summed E-state index contributed by atoms with van der Waals surface area (Å²) in [6.07, 6.45) is 0.894. The smallest absolute Gasteiger partial charge is 0.295 e. The van der Waals surface area contributed by atoms with Gasteiger partial charge in [-0.15, -0.1) is 0 Å². The number of nitro groups is 1. The van der Waals surface area contributed by atoms with Crippen molar-refractivity contribution >= 4 is 11.4 Å².